The number of hydrogen-bond donors (Lipinski definition) is 3. The molecule has 9 heteroatoms. The fraction of sp³-hybridized carbons (Fsp3) is 0.119. The third-order valence-corrected chi connectivity index (χ3v) is 9.52. The highest BCUT2D eigenvalue weighted by Gasteiger charge is 2.32. The third kappa shape index (κ3) is 7.90. The molecule has 51 heavy (non-hydrogen) atoms. The van der Waals surface area contributed by atoms with Crippen molar-refractivity contribution in [1.29, 1.82) is 0 Å². The minimum Gasteiger partial charge on any atom is -0.324 e. The van der Waals surface area contributed by atoms with Crippen LogP contribution in [0.4, 0.5) is 11.4 Å². The molecule has 5 aromatic carbocycles. The number of carbonyl (C=O) groups is 5. The van der Waals surface area contributed by atoms with Gasteiger partial charge in [-0.3, -0.25) is 24.0 Å². The molecule has 0 saturated carbocycles. The van der Waals surface area contributed by atoms with E-state index >= 15 is 0 Å². The lowest BCUT2D eigenvalue weighted by atomic mass is 9.83. The second-order valence-corrected chi connectivity index (χ2v) is 13.8. The third-order valence-electron chi connectivity index (χ3n) is 8.43. The first-order chi connectivity index (χ1) is 24.6. The first-order valence-corrected chi connectivity index (χ1v) is 17.4. The van der Waals surface area contributed by atoms with Crippen molar-refractivity contribution in [3.8, 4) is 0 Å². The number of benzene rings is 5. The highest BCUT2D eigenvalue weighted by molar-refractivity contribution is 8.00. The van der Waals surface area contributed by atoms with Gasteiger partial charge in [-0.2, -0.15) is 0 Å². The fourth-order valence-electron chi connectivity index (χ4n) is 5.67. The molecular weight excluding hydrogens is 659 g/mol. The second kappa shape index (κ2) is 15.2. The van der Waals surface area contributed by atoms with Crippen molar-refractivity contribution in [2.45, 2.75) is 36.8 Å². The summed E-state index contributed by atoms with van der Waals surface area (Å²) in [5.41, 5.74) is 4.19. The van der Waals surface area contributed by atoms with Crippen LogP contribution in [0.5, 0.6) is 0 Å². The molecule has 3 amide bonds. The number of hydrogen-bond acceptors (Lipinski definition) is 6. The van der Waals surface area contributed by atoms with Crippen molar-refractivity contribution < 1.29 is 24.0 Å². The minimum absolute atomic E-state index is 0.0637. The average Bonchev–Trinajstić information content (AvgIpc) is 3.14. The molecule has 1 atom stereocenters. The highest BCUT2D eigenvalue weighted by atomic mass is 32.2. The van der Waals surface area contributed by atoms with E-state index in [4.69, 9.17) is 0 Å². The van der Waals surface area contributed by atoms with Crippen LogP contribution in [0.15, 0.2) is 132 Å². The summed E-state index contributed by atoms with van der Waals surface area (Å²) in [6.45, 7) is 5.93. The number of fused-ring (bicyclic) bond motifs is 2. The maximum Gasteiger partial charge on any atom is 0.272 e. The van der Waals surface area contributed by atoms with Crippen molar-refractivity contribution in [3.05, 3.63) is 166 Å². The summed E-state index contributed by atoms with van der Waals surface area (Å²) in [5, 5.41) is 7.88. The summed E-state index contributed by atoms with van der Waals surface area (Å²) in [7, 11) is 0. The summed E-state index contributed by atoms with van der Waals surface area (Å²) in [4.78, 5) is 67.3. The molecule has 0 fully saturated rings. The molecule has 1 aliphatic carbocycles. The molecule has 0 aromatic heterocycles. The standard InChI is InChI=1S/C42H35N3O5S/c1-25(2)28-21-19-27(20-22-28)23-36(45-41(49)29-11-5-4-6-12-29)42(50)43-30-13-9-14-31(24-30)51-26(3)40(48)44-35-18-10-17-34-37(35)39(47)33-16-8-7-15-32(33)38(34)46/h4-26H,1-3H3,(H,43,50)(H,44,48)(H,45,49)/b36-23+. The predicted molar refractivity (Wildman–Crippen MR) is 201 cm³/mol. The van der Waals surface area contributed by atoms with Gasteiger partial charge < -0.3 is 16.0 Å². The van der Waals surface area contributed by atoms with E-state index < -0.39 is 17.1 Å². The number of ketones is 2. The lowest BCUT2D eigenvalue weighted by Crippen LogP contribution is -2.30. The molecule has 1 unspecified atom stereocenters. The Morgan fingerprint density at radius 1 is 0.667 bits per heavy atom. The average molecular weight is 694 g/mol. The molecule has 0 aliphatic heterocycles. The van der Waals surface area contributed by atoms with Gasteiger partial charge in [0, 0.05) is 32.8 Å². The van der Waals surface area contributed by atoms with Gasteiger partial charge in [-0.15, -0.1) is 11.8 Å². The summed E-state index contributed by atoms with van der Waals surface area (Å²) in [6.07, 6.45) is 1.63. The van der Waals surface area contributed by atoms with E-state index in [9.17, 15) is 24.0 Å². The quantitative estimate of drug-likeness (QED) is 0.0985. The van der Waals surface area contributed by atoms with Gasteiger partial charge in [0.25, 0.3) is 11.8 Å². The molecule has 0 radical (unpaired) electrons. The molecule has 0 heterocycles. The van der Waals surface area contributed by atoms with Crippen LogP contribution in [0, 0.1) is 0 Å². The second-order valence-electron chi connectivity index (χ2n) is 12.4. The first kappa shape index (κ1) is 34.8. The lowest BCUT2D eigenvalue weighted by molar-refractivity contribution is -0.115. The summed E-state index contributed by atoms with van der Waals surface area (Å²) in [6, 6.07) is 35.0. The van der Waals surface area contributed by atoms with Crippen LogP contribution >= 0.6 is 11.8 Å². The SMILES string of the molecule is CC(Sc1cccc(NC(=O)/C(=C\c2ccc(C(C)C)cc2)NC(=O)c2ccccc2)c1)C(=O)Nc1cccc2c1C(=O)c1ccccc1C2=O. The van der Waals surface area contributed by atoms with Crippen LogP contribution in [-0.4, -0.2) is 34.5 Å². The van der Waals surface area contributed by atoms with E-state index in [1.807, 2.05) is 36.4 Å². The Hall–Kier alpha value is -6.06. The maximum atomic E-state index is 13.6. The van der Waals surface area contributed by atoms with Crippen molar-refractivity contribution in [3.63, 3.8) is 0 Å². The van der Waals surface area contributed by atoms with Crippen molar-refractivity contribution >= 4 is 58.5 Å². The Kier molecular flexibility index (Phi) is 10.4. The monoisotopic (exact) mass is 693 g/mol. The zero-order chi connectivity index (χ0) is 36.1. The number of amides is 3. The Balaban J connectivity index is 1.17. The Labute approximate surface area is 300 Å². The largest absolute Gasteiger partial charge is 0.324 e. The highest BCUT2D eigenvalue weighted by Crippen LogP contribution is 2.33. The van der Waals surface area contributed by atoms with Gasteiger partial charge in [0.1, 0.15) is 5.70 Å². The normalized spacial score (nSPS) is 12.8. The Morgan fingerprint density at radius 3 is 2.02 bits per heavy atom. The maximum absolute atomic E-state index is 13.6. The van der Waals surface area contributed by atoms with Gasteiger partial charge in [-0.1, -0.05) is 98.8 Å². The Bertz CT molecular complexity index is 2190. The summed E-state index contributed by atoms with van der Waals surface area (Å²) >= 11 is 1.26. The molecule has 0 bridgehead atoms. The van der Waals surface area contributed by atoms with E-state index in [2.05, 4.69) is 29.8 Å². The number of carbonyl (C=O) groups excluding carboxylic acids is 5. The summed E-state index contributed by atoms with van der Waals surface area (Å²) < 4.78 is 0. The van der Waals surface area contributed by atoms with Crippen LogP contribution in [0.3, 0.4) is 0 Å². The lowest BCUT2D eigenvalue weighted by Gasteiger charge is -2.21. The van der Waals surface area contributed by atoms with Crippen molar-refractivity contribution in [2.24, 2.45) is 0 Å². The molecule has 1 aliphatic rings. The first-order valence-electron chi connectivity index (χ1n) is 16.5. The van der Waals surface area contributed by atoms with Crippen LogP contribution in [0.1, 0.15) is 80.0 Å². The van der Waals surface area contributed by atoms with E-state index in [1.165, 1.54) is 11.8 Å². The summed E-state index contributed by atoms with van der Waals surface area (Å²) in [5.74, 6) is -1.54. The molecular formula is C42H35N3O5S. The zero-order valence-corrected chi connectivity index (χ0v) is 29.0. The number of nitrogens with one attached hydrogen (secondary N) is 3. The van der Waals surface area contributed by atoms with Crippen molar-refractivity contribution in [1.82, 2.24) is 5.32 Å². The van der Waals surface area contributed by atoms with E-state index in [0.29, 0.717) is 33.2 Å². The fourth-order valence-corrected chi connectivity index (χ4v) is 6.60. The smallest absolute Gasteiger partial charge is 0.272 e. The van der Waals surface area contributed by atoms with Crippen LogP contribution in [-0.2, 0) is 9.59 Å². The van der Waals surface area contributed by atoms with Gasteiger partial charge in [0.05, 0.1) is 16.5 Å². The molecule has 0 saturated heterocycles. The van der Waals surface area contributed by atoms with Crippen LogP contribution in [0.2, 0.25) is 0 Å². The topological polar surface area (TPSA) is 121 Å². The van der Waals surface area contributed by atoms with E-state index in [0.717, 1.165) is 11.1 Å². The van der Waals surface area contributed by atoms with Gasteiger partial charge >= 0.3 is 0 Å². The van der Waals surface area contributed by atoms with E-state index in [-0.39, 0.29) is 40.0 Å². The van der Waals surface area contributed by atoms with Gasteiger partial charge in [0.15, 0.2) is 11.6 Å². The number of rotatable bonds is 10. The molecule has 5 aromatic rings. The Morgan fingerprint density at radius 2 is 1.31 bits per heavy atom. The molecule has 0 spiro atoms. The van der Waals surface area contributed by atoms with Gasteiger partial charge in [-0.05, 0) is 66.4 Å². The minimum atomic E-state index is -0.608. The van der Waals surface area contributed by atoms with Crippen LogP contribution in [0.25, 0.3) is 6.08 Å². The molecule has 3 N–H and O–H groups in total. The number of anilines is 2. The van der Waals surface area contributed by atoms with Gasteiger partial charge in [-0.25, -0.2) is 0 Å². The predicted octanol–water partition coefficient (Wildman–Crippen LogP) is 8.11. The van der Waals surface area contributed by atoms with Crippen molar-refractivity contribution in [2.75, 3.05) is 10.6 Å². The molecule has 6 rings (SSSR count). The molecule has 8 nitrogen and oxygen atoms in total. The molecule has 254 valence electrons. The number of thioether (sulfide) groups is 1. The zero-order valence-electron chi connectivity index (χ0n) is 28.2. The van der Waals surface area contributed by atoms with E-state index in [1.54, 1.807) is 97.9 Å². The van der Waals surface area contributed by atoms with Gasteiger partial charge in [0.2, 0.25) is 5.91 Å². The van der Waals surface area contributed by atoms with Crippen LogP contribution < -0.4 is 16.0 Å².